The van der Waals surface area contributed by atoms with Gasteiger partial charge in [-0.2, -0.15) is 0 Å². The summed E-state index contributed by atoms with van der Waals surface area (Å²) < 4.78 is 5.16. The Labute approximate surface area is 93.7 Å². The molecule has 0 saturated heterocycles. The zero-order valence-corrected chi connectivity index (χ0v) is 9.89. The number of aromatic nitrogens is 1. The molecule has 1 aromatic rings. The molecular formula is C10H16N2O2S. The van der Waals surface area contributed by atoms with Gasteiger partial charge < -0.3 is 10.1 Å². The van der Waals surface area contributed by atoms with Crippen LogP contribution in [0.4, 0.5) is 0 Å². The summed E-state index contributed by atoms with van der Waals surface area (Å²) >= 11 is 1.48. The van der Waals surface area contributed by atoms with E-state index in [0.29, 0.717) is 18.8 Å². The molecule has 1 heterocycles. The van der Waals surface area contributed by atoms with Gasteiger partial charge in [-0.3, -0.25) is 4.79 Å². The van der Waals surface area contributed by atoms with E-state index in [1.54, 1.807) is 5.38 Å². The smallest absolute Gasteiger partial charge is 0.270 e. The van der Waals surface area contributed by atoms with Crippen LogP contribution in [0.1, 0.15) is 28.8 Å². The van der Waals surface area contributed by atoms with E-state index in [2.05, 4.69) is 10.3 Å². The van der Waals surface area contributed by atoms with Crippen molar-refractivity contribution >= 4 is 17.2 Å². The van der Waals surface area contributed by atoms with Crippen LogP contribution >= 0.6 is 11.3 Å². The van der Waals surface area contributed by atoms with Crippen molar-refractivity contribution in [1.82, 2.24) is 10.3 Å². The van der Waals surface area contributed by atoms with Gasteiger partial charge in [-0.1, -0.05) is 0 Å². The number of rotatable bonds is 6. The average Bonchev–Trinajstić information content (AvgIpc) is 2.64. The fourth-order valence-corrected chi connectivity index (χ4v) is 1.67. The van der Waals surface area contributed by atoms with E-state index in [0.717, 1.165) is 18.0 Å². The Kier molecular flexibility index (Phi) is 5.28. The van der Waals surface area contributed by atoms with Crippen LogP contribution in [0.5, 0.6) is 0 Å². The first kappa shape index (κ1) is 12.1. The number of aryl methyl sites for hydroxylation is 1. The maximum absolute atomic E-state index is 11.5. The van der Waals surface area contributed by atoms with E-state index >= 15 is 0 Å². The number of nitrogens with zero attached hydrogens (tertiary/aromatic N) is 1. The number of ether oxygens (including phenoxy) is 1. The van der Waals surface area contributed by atoms with Gasteiger partial charge in [0.05, 0.1) is 5.01 Å². The van der Waals surface area contributed by atoms with Gasteiger partial charge >= 0.3 is 0 Å². The van der Waals surface area contributed by atoms with Gasteiger partial charge in [-0.15, -0.1) is 11.3 Å². The van der Waals surface area contributed by atoms with Crippen molar-refractivity contribution in [2.45, 2.75) is 20.3 Å². The molecule has 0 spiro atoms. The maximum Gasteiger partial charge on any atom is 0.270 e. The first-order chi connectivity index (χ1) is 7.24. The molecule has 0 aliphatic rings. The molecule has 15 heavy (non-hydrogen) atoms. The zero-order valence-electron chi connectivity index (χ0n) is 9.08. The molecule has 0 unspecified atom stereocenters. The number of hydrogen-bond donors (Lipinski definition) is 1. The fraction of sp³-hybridized carbons (Fsp3) is 0.600. The quantitative estimate of drug-likeness (QED) is 0.753. The van der Waals surface area contributed by atoms with Crippen LogP contribution in [-0.2, 0) is 4.74 Å². The second kappa shape index (κ2) is 6.53. The Bertz CT molecular complexity index is 312. The van der Waals surface area contributed by atoms with Crippen LogP contribution in [0, 0.1) is 6.92 Å². The Morgan fingerprint density at radius 1 is 1.67 bits per heavy atom. The standard InChI is InChI=1S/C10H16N2O2S/c1-3-14-6-4-5-11-10(13)9-7-15-8(2)12-9/h7H,3-6H2,1-2H3,(H,11,13). The minimum atomic E-state index is -0.101. The van der Waals surface area contributed by atoms with Crippen molar-refractivity contribution in [3.8, 4) is 0 Å². The van der Waals surface area contributed by atoms with E-state index in [1.807, 2.05) is 13.8 Å². The lowest BCUT2D eigenvalue weighted by molar-refractivity contribution is 0.0940. The van der Waals surface area contributed by atoms with Crippen molar-refractivity contribution in [3.05, 3.63) is 16.1 Å². The third-order valence-corrected chi connectivity index (χ3v) is 2.58. The molecule has 4 nitrogen and oxygen atoms in total. The molecule has 0 saturated carbocycles. The van der Waals surface area contributed by atoms with Gasteiger partial charge in [0.25, 0.3) is 5.91 Å². The molecule has 5 heteroatoms. The van der Waals surface area contributed by atoms with Crippen molar-refractivity contribution in [3.63, 3.8) is 0 Å². The average molecular weight is 228 g/mol. The fourth-order valence-electron chi connectivity index (χ4n) is 1.08. The van der Waals surface area contributed by atoms with Crippen molar-refractivity contribution < 1.29 is 9.53 Å². The summed E-state index contributed by atoms with van der Waals surface area (Å²) in [6.45, 7) is 5.88. The highest BCUT2D eigenvalue weighted by Gasteiger charge is 2.07. The molecule has 0 aromatic carbocycles. The topological polar surface area (TPSA) is 51.2 Å². The Hall–Kier alpha value is -0.940. The summed E-state index contributed by atoms with van der Waals surface area (Å²) in [5.74, 6) is -0.101. The maximum atomic E-state index is 11.5. The highest BCUT2D eigenvalue weighted by Crippen LogP contribution is 2.07. The lowest BCUT2D eigenvalue weighted by atomic mass is 10.4. The van der Waals surface area contributed by atoms with Crippen LogP contribution < -0.4 is 5.32 Å². The van der Waals surface area contributed by atoms with Gasteiger partial charge in [0.15, 0.2) is 0 Å². The largest absolute Gasteiger partial charge is 0.382 e. The summed E-state index contributed by atoms with van der Waals surface area (Å²) in [6.07, 6.45) is 0.836. The van der Waals surface area contributed by atoms with Gasteiger partial charge in [-0.25, -0.2) is 4.98 Å². The van der Waals surface area contributed by atoms with Crippen LogP contribution in [0.15, 0.2) is 5.38 Å². The van der Waals surface area contributed by atoms with Crippen molar-refractivity contribution in [2.75, 3.05) is 19.8 Å². The molecule has 0 aliphatic carbocycles. The molecule has 0 fully saturated rings. The number of carbonyl (C=O) groups excluding carboxylic acids is 1. The Balaban J connectivity index is 2.19. The first-order valence-electron chi connectivity index (χ1n) is 5.02. The lowest BCUT2D eigenvalue weighted by Gasteiger charge is -2.02. The molecular weight excluding hydrogens is 212 g/mol. The van der Waals surface area contributed by atoms with E-state index in [-0.39, 0.29) is 5.91 Å². The zero-order chi connectivity index (χ0) is 11.1. The number of carbonyl (C=O) groups is 1. The minimum Gasteiger partial charge on any atom is -0.382 e. The highest BCUT2D eigenvalue weighted by atomic mass is 32.1. The molecule has 0 aliphatic heterocycles. The second-order valence-electron chi connectivity index (χ2n) is 3.06. The first-order valence-corrected chi connectivity index (χ1v) is 5.90. The monoisotopic (exact) mass is 228 g/mol. The van der Waals surface area contributed by atoms with Crippen LogP contribution in [0.2, 0.25) is 0 Å². The van der Waals surface area contributed by atoms with Crippen LogP contribution in [0.3, 0.4) is 0 Å². The van der Waals surface area contributed by atoms with Crippen LogP contribution in [-0.4, -0.2) is 30.6 Å². The predicted octanol–water partition coefficient (Wildman–Crippen LogP) is 1.61. The summed E-state index contributed by atoms with van der Waals surface area (Å²) in [7, 11) is 0. The lowest BCUT2D eigenvalue weighted by Crippen LogP contribution is -2.25. The predicted molar refractivity (Wildman–Crippen MR) is 60.3 cm³/mol. The molecule has 84 valence electrons. The number of nitrogens with one attached hydrogen (secondary N) is 1. The van der Waals surface area contributed by atoms with Gasteiger partial charge in [-0.05, 0) is 20.3 Å². The van der Waals surface area contributed by atoms with Gasteiger partial charge in [0.2, 0.25) is 0 Å². The SMILES string of the molecule is CCOCCCNC(=O)c1csc(C)n1. The Morgan fingerprint density at radius 3 is 3.07 bits per heavy atom. The van der Waals surface area contributed by atoms with Crippen molar-refractivity contribution in [2.24, 2.45) is 0 Å². The molecule has 0 bridgehead atoms. The highest BCUT2D eigenvalue weighted by molar-refractivity contribution is 7.09. The minimum absolute atomic E-state index is 0.101. The summed E-state index contributed by atoms with van der Waals surface area (Å²) in [5.41, 5.74) is 0.508. The number of thiazole rings is 1. The summed E-state index contributed by atoms with van der Waals surface area (Å²) in [5, 5.41) is 5.48. The van der Waals surface area contributed by atoms with Crippen LogP contribution in [0.25, 0.3) is 0 Å². The molecule has 1 aromatic heterocycles. The third kappa shape index (κ3) is 4.40. The summed E-state index contributed by atoms with van der Waals surface area (Å²) in [4.78, 5) is 15.6. The normalized spacial score (nSPS) is 10.3. The summed E-state index contributed by atoms with van der Waals surface area (Å²) in [6, 6.07) is 0. The number of amides is 1. The third-order valence-electron chi connectivity index (χ3n) is 1.81. The van der Waals surface area contributed by atoms with E-state index < -0.39 is 0 Å². The molecule has 1 amide bonds. The molecule has 1 rings (SSSR count). The molecule has 0 radical (unpaired) electrons. The molecule has 0 atom stereocenters. The second-order valence-corrected chi connectivity index (χ2v) is 4.12. The van der Waals surface area contributed by atoms with Crippen molar-refractivity contribution in [1.29, 1.82) is 0 Å². The van der Waals surface area contributed by atoms with Gasteiger partial charge in [0, 0.05) is 25.1 Å². The van der Waals surface area contributed by atoms with Gasteiger partial charge in [0.1, 0.15) is 5.69 Å². The Morgan fingerprint density at radius 2 is 2.47 bits per heavy atom. The van der Waals surface area contributed by atoms with E-state index in [4.69, 9.17) is 4.74 Å². The van der Waals surface area contributed by atoms with E-state index in [9.17, 15) is 4.79 Å². The molecule has 1 N–H and O–H groups in total. The number of hydrogen-bond acceptors (Lipinski definition) is 4. The van der Waals surface area contributed by atoms with E-state index in [1.165, 1.54) is 11.3 Å².